The Morgan fingerprint density at radius 3 is 2.39 bits per heavy atom. The van der Waals surface area contributed by atoms with Crippen molar-refractivity contribution in [3.63, 3.8) is 0 Å². The summed E-state index contributed by atoms with van der Waals surface area (Å²) >= 11 is 0. The van der Waals surface area contributed by atoms with Crippen LogP contribution in [0.5, 0.6) is 0 Å². The van der Waals surface area contributed by atoms with Gasteiger partial charge in [-0.1, -0.05) is 25.2 Å². The molecule has 2 N–H and O–H groups in total. The molecule has 0 aromatic carbocycles. The number of aromatic nitrogens is 2. The van der Waals surface area contributed by atoms with Crippen molar-refractivity contribution in [3.05, 3.63) is 11.5 Å². The van der Waals surface area contributed by atoms with E-state index in [-0.39, 0.29) is 0 Å². The zero-order valence-electron chi connectivity index (χ0n) is 10.9. The first-order valence-corrected chi connectivity index (χ1v) is 7.10. The molecule has 0 unspecified atom stereocenters. The molecule has 0 aliphatic heterocycles. The number of hydrogen-bond acceptors (Lipinski definition) is 2. The summed E-state index contributed by atoms with van der Waals surface area (Å²) in [5.74, 6) is 5.88. The van der Waals surface area contributed by atoms with E-state index in [1.54, 1.807) is 0 Å². The summed E-state index contributed by atoms with van der Waals surface area (Å²) in [4.78, 5) is 4.87. The Hall–Kier alpha value is -1.43. The van der Waals surface area contributed by atoms with E-state index in [9.17, 15) is 0 Å². The zero-order chi connectivity index (χ0) is 12.5. The first-order chi connectivity index (χ1) is 8.81. The molecule has 3 nitrogen and oxygen atoms in total. The van der Waals surface area contributed by atoms with Crippen LogP contribution >= 0.6 is 0 Å². The van der Waals surface area contributed by atoms with Gasteiger partial charge in [-0.05, 0) is 25.7 Å². The first kappa shape index (κ1) is 11.6. The third-order valence-corrected chi connectivity index (χ3v) is 4.53. The fourth-order valence-corrected chi connectivity index (χ4v) is 3.24. The largest absolute Gasteiger partial charge is 0.384 e. The van der Waals surface area contributed by atoms with Crippen molar-refractivity contribution in [2.45, 2.75) is 63.3 Å². The Bertz CT molecular complexity index is 471. The molecule has 2 aliphatic rings. The van der Waals surface area contributed by atoms with Gasteiger partial charge in [-0.25, -0.2) is 4.98 Å². The van der Waals surface area contributed by atoms with Crippen LogP contribution in [0.2, 0.25) is 0 Å². The summed E-state index contributed by atoms with van der Waals surface area (Å²) in [5, 5.41) is 0. The lowest BCUT2D eigenvalue weighted by Crippen LogP contribution is -2.12. The minimum absolute atomic E-state index is 0.567. The molecule has 2 saturated carbocycles. The lowest BCUT2D eigenvalue weighted by atomic mass is 9.83. The van der Waals surface area contributed by atoms with Gasteiger partial charge in [0.25, 0.3) is 0 Å². The van der Waals surface area contributed by atoms with Gasteiger partial charge in [0.1, 0.15) is 11.6 Å². The average molecular weight is 243 g/mol. The molecule has 0 atom stereocenters. The second kappa shape index (κ2) is 4.68. The third-order valence-electron chi connectivity index (χ3n) is 4.53. The summed E-state index contributed by atoms with van der Waals surface area (Å²) in [5.41, 5.74) is 7.40. The molecule has 0 spiro atoms. The predicted octanol–water partition coefficient (Wildman–Crippen LogP) is 3.02. The highest BCUT2D eigenvalue weighted by molar-refractivity contribution is 5.42. The summed E-state index contributed by atoms with van der Waals surface area (Å²) < 4.78 is 2.09. The number of nitrogen functional groups attached to an aromatic ring is 1. The van der Waals surface area contributed by atoms with Crippen LogP contribution in [-0.2, 0) is 6.54 Å². The Kier molecular flexibility index (Phi) is 3.03. The second-order valence-corrected chi connectivity index (χ2v) is 5.64. The van der Waals surface area contributed by atoms with Gasteiger partial charge < -0.3 is 10.3 Å². The highest BCUT2D eigenvalue weighted by atomic mass is 15.1. The molecule has 0 radical (unpaired) electrons. The van der Waals surface area contributed by atoms with Crippen molar-refractivity contribution >= 4 is 5.82 Å². The number of imidazole rings is 1. The molecule has 3 heteroatoms. The van der Waals surface area contributed by atoms with Gasteiger partial charge in [0.05, 0.1) is 12.2 Å². The number of terminal acetylenes is 1. The van der Waals surface area contributed by atoms with Gasteiger partial charge in [0, 0.05) is 11.8 Å². The van der Waals surface area contributed by atoms with Gasteiger partial charge >= 0.3 is 0 Å². The molecule has 1 heterocycles. The van der Waals surface area contributed by atoms with Crippen LogP contribution in [0.15, 0.2) is 0 Å². The van der Waals surface area contributed by atoms with E-state index >= 15 is 0 Å². The lowest BCUT2D eigenvalue weighted by molar-refractivity contribution is 0.412. The monoisotopic (exact) mass is 243 g/mol. The van der Waals surface area contributed by atoms with Crippen LogP contribution < -0.4 is 5.73 Å². The minimum Gasteiger partial charge on any atom is -0.384 e. The van der Waals surface area contributed by atoms with E-state index in [2.05, 4.69) is 10.5 Å². The van der Waals surface area contributed by atoms with Crippen LogP contribution in [0.1, 0.15) is 68.3 Å². The molecular formula is C15H21N3. The van der Waals surface area contributed by atoms with Gasteiger partial charge in [-0.3, -0.25) is 0 Å². The van der Waals surface area contributed by atoms with Crippen molar-refractivity contribution in [1.82, 2.24) is 9.55 Å². The fourth-order valence-electron chi connectivity index (χ4n) is 3.24. The summed E-state index contributed by atoms with van der Waals surface area (Å²) in [6, 6.07) is 0. The van der Waals surface area contributed by atoms with Gasteiger partial charge in [-0.15, -0.1) is 6.42 Å². The number of nitrogens with zero attached hydrogens (tertiary/aromatic N) is 2. The Balaban J connectivity index is 1.97. The molecule has 18 heavy (non-hydrogen) atoms. The third kappa shape index (κ3) is 1.80. The Morgan fingerprint density at radius 2 is 1.83 bits per heavy atom. The van der Waals surface area contributed by atoms with Crippen LogP contribution in [0, 0.1) is 12.3 Å². The normalized spacial score (nSPS) is 20.8. The van der Waals surface area contributed by atoms with E-state index in [1.165, 1.54) is 44.9 Å². The number of hydrogen-bond donors (Lipinski definition) is 1. The van der Waals surface area contributed by atoms with Crippen LogP contribution in [0.25, 0.3) is 0 Å². The standard InChI is InChI=1S/C15H21N3/c1-2-10-18-14(16)13(11-8-5-9-11)17-15(18)12-6-3-4-7-12/h1,11-12H,3-10,16H2. The molecule has 2 aliphatic carbocycles. The lowest BCUT2D eigenvalue weighted by Gasteiger charge is -2.23. The van der Waals surface area contributed by atoms with Crippen LogP contribution in [0.3, 0.4) is 0 Å². The Labute approximate surface area is 109 Å². The molecule has 0 saturated heterocycles. The van der Waals surface area contributed by atoms with E-state index < -0.39 is 0 Å². The quantitative estimate of drug-likeness (QED) is 0.829. The predicted molar refractivity (Wildman–Crippen MR) is 73.3 cm³/mol. The topological polar surface area (TPSA) is 43.8 Å². The van der Waals surface area contributed by atoms with Crippen molar-refractivity contribution in [2.24, 2.45) is 0 Å². The van der Waals surface area contributed by atoms with Crippen molar-refractivity contribution < 1.29 is 0 Å². The molecule has 2 fully saturated rings. The van der Waals surface area contributed by atoms with E-state index in [0.717, 1.165) is 17.3 Å². The molecular weight excluding hydrogens is 222 g/mol. The van der Waals surface area contributed by atoms with Crippen LogP contribution in [-0.4, -0.2) is 9.55 Å². The van der Waals surface area contributed by atoms with E-state index in [1.807, 2.05) is 0 Å². The van der Waals surface area contributed by atoms with E-state index in [0.29, 0.717) is 18.4 Å². The SMILES string of the molecule is C#CCn1c(C2CCCC2)nc(C2CCC2)c1N. The minimum atomic E-state index is 0.567. The first-order valence-electron chi connectivity index (χ1n) is 7.10. The number of anilines is 1. The summed E-state index contributed by atoms with van der Waals surface area (Å²) in [7, 11) is 0. The zero-order valence-corrected chi connectivity index (χ0v) is 10.9. The molecule has 1 aromatic heterocycles. The van der Waals surface area contributed by atoms with Gasteiger partial charge in [0.2, 0.25) is 0 Å². The second-order valence-electron chi connectivity index (χ2n) is 5.64. The number of rotatable bonds is 3. The average Bonchev–Trinajstić information content (AvgIpc) is 2.90. The van der Waals surface area contributed by atoms with Gasteiger partial charge in [0.15, 0.2) is 0 Å². The van der Waals surface area contributed by atoms with Gasteiger partial charge in [-0.2, -0.15) is 0 Å². The highest BCUT2D eigenvalue weighted by Crippen LogP contribution is 2.41. The van der Waals surface area contributed by atoms with E-state index in [4.69, 9.17) is 17.1 Å². The molecule has 0 amide bonds. The molecule has 1 aromatic rings. The van der Waals surface area contributed by atoms with Crippen LogP contribution in [0.4, 0.5) is 5.82 Å². The maximum Gasteiger partial charge on any atom is 0.127 e. The number of nitrogens with two attached hydrogens (primary N) is 1. The molecule has 0 bridgehead atoms. The Morgan fingerprint density at radius 1 is 1.17 bits per heavy atom. The fraction of sp³-hybridized carbons (Fsp3) is 0.667. The van der Waals surface area contributed by atoms with Crippen molar-refractivity contribution in [3.8, 4) is 12.3 Å². The van der Waals surface area contributed by atoms with Crippen molar-refractivity contribution in [1.29, 1.82) is 0 Å². The smallest absolute Gasteiger partial charge is 0.127 e. The maximum atomic E-state index is 6.27. The maximum absolute atomic E-state index is 6.27. The summed E-state index contributed by atoms with van der Waals surface area (Å²) in [6.45, 7) is 0.567. The summed E-state index contributed by atoms with van der Waals surface area (Å²) in [6.07, 6.45) is 14.4. The van der Waals surface area contributed by atoms with Crippen molar-refractivity contribution in [2.75, 3.05) is 5.73 Å². The molecule has 3 rings (SSSR count). The highest BCUT2D eigenvalue weighted by Gasteiger charge is 2.30. The molecule has 96 valence electrons.